The third-order valence-electron chi connectivity index (χ3n) is 4.15. The van der Waals surface area contributed by atoms with Crippen LogP contribution >= 0.6 is 0 Å². The Balaban J connectivity index is 1.43. The molecule has 2 heterocycles. The quantitative estimate of drug-likeness (QED) is 0.554. The standard InChI is InChI=1S/C19H15N3O4/c1-11-12-6-2-4-8-15(12)25-18(11)19(24)21-20-17(23)10-14-13-7-3-5-9-16(13)26-22-14/h2-9H,10H2,1H3,(H,20,23)(H,21,24). The van der Waals surface area contributed by atoms with Crippen molar-refractivity contribution in [2.75, 3.05) is 0 Å². The maximum Gasteiger partial charge on any atom is 0.305 e. The minimum Gasteiger partial charge on any atom is -0.451 e. The first kappa shape index (κ1) is 15.9. The number of furan rings is 1. The van der Waals surface area contributed by atoms with Crippen molar-refractivity contribution in [3.63, 3.8) is 0 Å². The molecule has 4 rings (SSSR count). The van der Waals surface area contributed by atoms with Crippen molar-refractivity contribution >= 4 is 33.8 Å². The van der Waals surface area contributed by atoms with Gasteiger partial charge in [0.1, 0.15) is 11.3 Å². The zero-order valence-corrected chi connectivity index (χ0v) is 13.9. The molecule has 0 bridgehead atoms. The summed E-state index contributed by atoms with van der Waals surface area (Å²) in [5.74, 6) is -0.762. The Morgan fingerprint density at radius 3 is 2.42 bits per heavy atom. The molecule has 0 aliphatic rings. The number of nitrogens with zero attached hydrogens (tertiary/aromatic N) is 1. The molecular weight excluding hydrogens is 334 g/mol. The summed E-state index contributed by atoms with van der Waals surface area (Å²) >= 11 is 0. The van der Waals surface area contributed by atoms with E-state index in [2.05, 4.69) is 16.0 Å². The molecule has 0 spiro atoms. The molecule has 0 saturated carbocycles. The topological polar surface area (TPSA) is 97.4 Å². The number of amides is 2. The fraction of sp³-hybridized carbons (Fsp3) is 0.105. The molecule has 2 amide bonds. The van der Waals surface area contributed by atoms with Gasteiger partial charge in [-0.1, -0.05) is 35.5 Å². The molecular formula is C19H15N3O4. The Hall–Kier alpha value is -3.61. The molecule has 2 N–H and O–H groups in total. The predicted molar refractivity (Wildman–Crippen MR) is 94.3 cm³/mol. The number of carbonyl (C=O) groups is 2. The maximum absolute atomic E-state index is 12.3. The molecule has 130 valence electrons. The van der Waals surface area contributed by atoms with Gasteiger partial charge in [0.2, 0.25) is 5.91 Å². The minimum absolute atomic E-state index is 0.0175. The van der Waals surface area contributed by atoms with Gasteiger partial charge in [-0.05, 0) is 25.1 Å². The SMILES string of the molecule is Cc1c(C(=O)NNC(=O)Cc2noc3ccccc23)oc2ccccc12. The number of nitrogens with one attached hydrogen (secondary N) is 2. The Labute approximate surface area is 147 Å². The summed E-state index contributed by atoms with van der Waals surface area (Å²) < 4.78 is 10.7. The van der Waals surface area contributed by atoms with E-state index in [1.807, 2.05) is 36.4 Å². The fourth-order valence-corrected chi connectivity index (χ4v) is 2.84. The first-order valence-corrected chi connectivity index (χ1v) is 8.04. The average molecular weight is 349 g/mol. The highest BCUT2D eigenvalue weighted by molar-refractivity contribution is 5.99. The van der Waals surface area contributed by atoms with E-state index < -0.39 is 11.8 Å². The van der Waals surface area contributed by atoms with Crippen LogP contribution in [-0.4, -0.2) is 17.0 Å². The Bertz CT molecular complexity index is 1130. The van der Waals surface area contributed by atoms with E-state index in [0.29, 0.717) is 16.9 Å². The van der Waals surface area contributed by atoms with Gasteiger partial charge in [-0.15, -0.1) is 0 Å². The number of para-hydroxylation sites is 2. The number of hydrogen-bond acceptors (Lipinski definition) is 5. The summed E-state index contributed by atoms with van der Waals surface area (Å²) in [7, 11) is 0. The van der Waals surface area contributed by atoms with Crippen molar-refractivity contribution in [1.29, 1.82) is 0 Å². The second-order valence-electron chi connectivity index (χ2n) is 5.86. The highest BCUT2D eigenvalue weighted by Gasteiger charge is 2.18. The lowest BCUT2D eigenvalue weighted by Gasteiger charge is -2.05. The zero-order valence-electron chi connectivity index (χ0n) is 13.9. The van der Waals surface area contributed by atoms with Gasteiger partial charge in [-0.3, -0.25) is 20.4 Å². The van der Waals surface area contributed by atoms with E-state index in [0.717, 1.165) is 16.3 Å². The predicted octanol–water partition coefficient (Wildman–Crippen LogP) is 2.89. The molecule has 0 aliphatic carbocycles. The number of hydrogen-bond donors (Lipinski definition) is 2. The van der Waals surface area contributed by atoms with Crippen LogP contribution in [0.4, 0.5) is 0 Å². The van der Waals surface area contributed by atoms with E-state index in [1.165, 1.54) is 0 Å². The third kappa shape index (κ3) is 2.79. The van der Waals surface area contributed by atoms with Gasteiger partial charge in [0.05, 0.1) is 6.42 Å². The molecule has 2 aromatic carbocycles. The Morgan fingerprint density at radius 2 is 1.65 bits per heavy atom. The third-order valence-corrected chi connectivity index (χ3v) is 4.15. The largest absolute Gasteiger partial charge is 0.451 e. The van der Waals surface area contributed by atoms with Crippen molar-refractivity contribution in [3.05, 3.63) is 65.5 Å². The number of aromatic nitrogens is 1. The monoisotopic (exact) mass is 349 g/mol. The highest BCUT2D eigenvalue weighted by Crippen LogP contribution is 2.24. The number of rotatable bonds is 3. The summed E-state index contributed by atoms with van der Waals surface area (Å²) in [5.41, 5.74) is 7.20. The van der Waals surface area contributed by atoms with Gasteiger partial charge < -0.3 is 8.94 Å². The van der Waals surface area contributed by atoms with Crippen LogP contribution in [0.2, 0.25) is 0 Å². The molecule has 2 aromatic heterocycles. The molecule has 0 aliphatic heterocycles. The zero-order chi connectivity index (χ0) is 18.1. The van der Waals surface area contributed by atoms with Gasteiger partial charge in [0.25, 0.3) is 0 Å². The molecule has 26 heavy (non-hydrogen) atoms. The second kappa shape index (κ2) is 6.36. The van der Waals surface area contributed by atoms with E-state index in [1.54, 1.807) is 19.1 Å². The van der Waals surface area contributed by atoms with Crippen LogP contribution in [0.15, 0.2) is 57.5 Å². The summed E-state index contributed by atoms with van der Waals surface area (Å²) in [6.07, 6.45) is -0.0175. The molecule has 0 saturated heterocycles. The van der Waals surface area contributed by atoms with Crippen LogP contribution in [0, 0.1) is 6.92 Å². The summed E-state index contributed by atoms with van der Waals surface area (Å²) in [5, 5.41) is 5.52. The molecule has 7 nitrogen and oxygen atoms in total. The number of fused-ring (bicyclic) bond motifs is 2. The Morgan fingerprint density at radius 1 is 0.962 bits per heavy atom. The minimum atomic E-state index is -0.517. The lowest BCUT2D eigenvalue weighted by atomic mass is 10.1. The van der Waals surface area contributed by atoms with Crippen molar-refractivity contribution < 1.29 is 18.5 Å². The average Bonchev–Trinajstić information content (AvgIpc) is 3.22. The summed E-state index contributed by atoms with van der Waals surface area (Å²) in [6.45, 7) is 1.80. The van der Waals surface area contributed by atoms with Crippen LogP contribution in [-0.2, 0) is 11.2 Å². The van der Waals surface area contributed by atoms with Crippen molar-refractivity contribution in [2.24, 2.45) is 0 Å². The Kier molecular flexibility index (Phi) is 3.89. The van der Waals surface area contributed by atoms with Crippen LogP contribution in [0.3, 0.4) is 0 Å². The van der Waals surface area contributed by atoms with Gasteiger partial charge in [0.15, 0.2) is 11.3 Å². The number of benzene rings is 2. The molecule has 0 atom stereocenters. The first-order valence-electron chi connectivity index (χ1n) is 8.04. The number of aryl methyl sites for hydroxylation is 1. The van der Waals surface area contributed by atoms with E-state index in [-0.39, 0.29) is 12.2 Å². The van der Waals surface area contributed by atoms with Gasteiger partial charge in [0, 0.05) is 16.3 Å². The fourth-order valence-electron chi connectivity index (χ4n) is 2.84. The smallest absolute Gasteiger partial charge is 0.305 e. The first-order chi connectivity index (χ1) is 12.6. The highest BCUT2D eigenvalue weighted by atomic mass is 16.5. The summed E-state index contributed by atoms with van der Waals surface area (Å²) in [4.78, 5) is 24.4. The number of carbonyl (C=O) groups excluding carboxylic acids is 2. The lowest BCUT2D eigenvalue weighted by molar-refractivity contribution is -0.121. The van der Waals surface area contributed by atoms with E-state index in [9.17, 15) is 9.59 Å². The normalized spacial score (nSPS) is 11.0. The van der Waals surface area contributed by atoms with Gasteiger partial charge in [-0.25, -0.2) is 0 Å². The van der Waals surface area contributed by atoms with E-state index in [4.69, 9.17) is 8.94 Å². The van der Waals surface area contributed by atoms with Crippen molar-refractivity contribution in [1.82, 2.24) is 16.0 Å². The van der Waals surface area contributed by atoms with Crippen molar-refractivity contribution in [3.8, 4) is 0 Å². The summed E-state index contributed by atoms with van der Waals surface area (Å²) in [6, 6.07) is 14.6. The molecule has 7 heteroatoms. The van der Waals surface area contributed by atoms with Gasteiger partial charge in [-0.2, -0.15) is 0 Å². The van der Waals surface area contributed by atoms with E-state index >= 15 is 0 Å². The van der Waals surface area contributed by atoms with Crippen LogP contribution in [0.25, 0.3) is 21.9 Å². The molecule has 0 radical (unpaired) electrons. The molecule has 4 aromatic rings. The number of hydrazine groups is 1. The van der Waals surface area contributed by atoms with Crippen LogP contribution in [0.1, 0.15) is 21.8 Å². The molecule has 0 unspecified atom stereocenters. The molecule has 0 fully saturated rings. The van der Waals surface area contributed by atoms with Crippen LogP contribution in [0.5, 0.6) is 0 Å². The van der Waals surface area contributed by atoms with Gasteiger partial charge >= 0.3 is 5.91 Å². The lowest BCUT2D eigenvalue weighted by Crippen LogP contribution is -2.42. The van der Waals surface area contributed by atoms with Crippen LogP contribution < -0.4 is 10.9 Å². The second-order valence-corrected chi connectivity index (χ2v) is 5.86. The van der Waals surface area contributed by atoms with Crippen molar-refractivity contribution in [2.45, 2.75) is 13.3 Å². The maximum atomic E-state index is 12.3.